The third kappa shape index (κ3) is 13.1. The van der Waals surface area contributed by atoms with E-state index in [1.54, 1.807) is 51.7 Å². The van der Waals surface area contributed by atoms with Crippen molar-refractivity contribution in [1.29, 1.82) is 0 Å². The number of aryl methyl sites for hydroxylation is 9. The van der Waals surface area contributed by atoms with Crippen LogP contribution in [0.25, 0.3) is 32.7 Å². The lowest BCUT2D eigenvalue weighted by atomic mass is 10.2. The molecule has 9 heterocycles. The molecule has 0 bridgehead atoms. The van der Waals surface area contributed by atoms with Gasteiger partial charge in [-0.25, -0.2) is 14.4 Å². The Balaban J connectivity index is 0.000000160. The summed E-state index contributed by atoms with van der Waals surface area (Å²) in [6, 6.07) is 10.7. The maximum absolute atomic E-state index is 12.5. The monoisotopic (exact) mass is 1020 g/mol. The molecule has 0 atom stereocenters. The zero-order valence-electron chi connectivity index (χ0n) is 39.9. The van der Waals surface area contributed by atoms with Crippen LogP contribution in [0.2, 0.25) is 0 Å². The van der Waals surface area contributed by atoms with Crippen LogP contribution in [-0.2, 0) is 53.5 Å². The third-order valence-corrected chi connectivity index (χ3v) is 11.7. The Kier molecular flexibility index (Phi) is 18.2. The Labute approximate surface area is 407 Å². The van der Waals surface area contributed by atoms with Gasteiger partial charge in [-0.1, -0.05) is 31.4 Å². The molecule has 0 radical (unpaired) electrons. The first kappa shape index (κ1) is 51.8. The largest absolute Gasteiger partial charge is 0.361 e. The Morgan fingerprint density at radius 3 is 1.26 bits per heavy atom. The molecule has 0 saturated heterocycles. The van der Waals surface area contributed by atoms with Gasteiger partial charge in [-0.05, 0) is 77.5 Å². The first-order valence-electron chi connectivity index (χ1n) is 22.6. The zero-order chi connectivity index (χ0) is 50.3. The SMILES string of the molecule is Cc1cc(CCCCBr)on1.Cc1cc(CCCCn2c(=O)c3ccncc3n(C)c2=O)on1.Cc1cc(CCCCn2c(=O)c3ccncc3n(C)c2=O)on1.Cn1c(=O)[nH]c(=O)c2ccncc21. The summed E-state index contributed by atoms with van der Waals surface area (Å²) in [5, 5.41) is 14.0. The van der Waals surface area contributed by atoms with Gasteiger partial charge in [-0.2, -0.15) is 0 Å². The van der Waals surface area contributed by atoms with Crippen molar-refractivity contribution in [3.05, 3.63) is 170 Å². The maximum Gasteiger partial charge on any atom is 0.331 e. The van der Waals surface area contributed by atoms with Crippen LogP contribution in [0.5, 0.6) is 0 Å². The number of aromatic amines is 1. The van der Waals surface area contributed by atoms with Crippen LogP contribution < -0.4 is 33.7 Å². The van der Waals surface area contributed by atoms with Gasteiger partial charge in [0.25, 0.3) is 16.7 Å². The second-order valence-electron chi connectivity index (χ2n) is 16.5. The fourth-order valence-corrected chi connectivity index (χ4v) is 7.83. The molecule has 9 rings (SSSR count). The number of nitrogens with one attached hydrogen (secondary N) is 1. The Bertz CT molecular complexity index is 3400. The summed E-state index contributed by atoms with van der Waals surface area (Å²) in [5.74, 6) is 2.66. The van der Waals surface area contributed by atoms with Crippen molar-refractivity contribution < 1.29 is 13.6 Å². The molecule has 9 aromatic heterocycles. The molecular formula is C48H55BrN12O9. The average molecular weight is 1020 g/mol. The summed E-state index contributed by atoms with van der Waals surface area (Å²) in [6.45, 7) is 6.46. The van der Waals surface area contributed by atoms with Gasteiger partial charge in [-0.15, -0.1) is 0 Å². The summed E-state index contributed by atoms with van der Waals surface area (Å²) in [6.07, 6.45) is 17.1. The highest BCUT2D eigenvalue weighted by atomic mass is 79.9. The number of rotatable bonds is 14. The lowest BCUT2D eigenvalue weighted by Crippen LogP contribution is -2.39. The predicted molar refractivity (Wildman–Crippen MR) is 266 cm³/mol. The minimum absolute atomic E-state index is 0.263. The smallest absolute Gasteiger partial charge is 0.331 e. The second kappa shape index (κ2) is 24.6. The first-order valence-corrected chi connectivity index (χ1v) is 23.7. The molecule has 0 aliphatic carbocycles. The first-order chi connectivity index (χ1) is 33.7. The molecule has 1 N–H and O–H groups in total. The molecular weight excluding hydrogens is 969 g/mol. The number of hydrogen-bond acceptors (Lipinski definition) is 15. The van der Waals surface area contributed by atoms with Crippen LogP contribution in [0.15, 0.2) is 116 Å². The highest BCUT2D eigenvalue weighted by molar-refractivity contribution is 9.09. The van der Waals surface area contributed by atoms with Gasteiger partial charge < -0.3 is 13.6 Å². The fraction of sp³-hybridized carbons (Fsp3) is 0.375. The quantitative estimate of drug-likeness (QED) is 0.109. The van der Waals surface area contributed by atoms with Crippen LogP contribution in [-0.4, -0.2) is 63.6 Å². The van der Waals surface area contributed by atoms with E-state index in [0.29, 0.717) is 58.6 Å². The van der Waals surface area contributed by atoms with Crippen molar-refractivity contribution in [2.24, 2.45) is 21.1 Å². The van der Waals surface area contributed by atoms with E-state index in [-0.39, 0.29) is 28.1 Å². The average Bonchev–Trinajstić information content (AvgIpc) is 4.12. The highest BCUT2D eigenvalue weighted by Gasteiger charge is 2.13. The predicted octanol–water partition coefficient (Wildman–Crippen LogP) is 5.15. The number of aromatic nitrogens is 12. The second-order valence-corrected chi connectivity index (χ2v) is 17.3. The molecule has 0 aliphatic rings. The third-order valence-electron chi connectivity index (χ3n) is 11.2. The van der Waals surface area contributed by atoms with E-state index >= 15 is 0 Å². The standard InChI is InChI=1S/2C16H18N4O3.C8H12BrNO.C8H7N3O2/c2*1-11-9-12(23-18-11)5-3-4-8-20-15(21)13-6-7-17-10-14(13)19(2)16(20)22;1-7-6-8(11-10-7)4-2-3-5-9;1-11-6-4-9-3-2-5(6)7(12)10-8(11)13/h2*6-7,9-10H,3-5,8H2,1-2H3;6H,2-5H2,1H3;2-4H,1H3,(H,10,12,13). The summed E-state index contributed by atoms with van der Waals surface area (Å²) in [7, 11) is 4.89. The van der Waals surface area contributed by atoms with Crippen molar-refractivity contribution in [2.75, 3.05) is 5.33 Å². The molecule has 0 unspecified atom stereocenters. The fourth-order valence-electron chi connectivity index (χ4n) is 7.43. The van der Waals surface area contributed by atoms with Crippen LogP contribution >= 0.6 is 15.9 Å². The van der Waals surface area contributed by atoms with Gasteiger partial charge in [0.15, 0.2) is 0 Å². The molecule has 70 heavy (non-hydrogen) atoms. The molecule has 0 fully saturated rings. The molecule has 368 valence electrons. The molecule has 0 saturated carbocycles. The Morgan fingerprint density at radius 2 is 0.886 bits per heavy atom. The van der Waals surface area contributed by atoms with E-state index in [4.69, 9.17) is 13.6 Å². The molecule has 0 aromatic carbocycles. The van der Waals surface area contributed by atoms with E-state index in [0.717, 1.165) is 71.8 Å². The number of hydrogen-bond donors (Lipinski definition) is 1. The summed E-state index contributed by atoms with van der Waals surface area (Å²) < 4.78 is 22.2. The number of nitrogens with zero attached hydrogens (tertiary/aromatic N) is 11. The van der Waals surface area contributed by atoms with Crippen molar-refractivity contribution in [1.82, 2.24) is 58.2 Å². The van der Waals surface area contributed by atoms with Gasteiger partial charge >= 0.3 is 17.1 Å². The number of pyridine rings is 3. The molecule has 21 nitrogen and oxygen atoms in total. The van der Waals surface area contributed by atoms with Crippen LogP contribution in [0.1, 0.15) is 72.9 Å². The van der Waals surface area contributed by atoms with Crippen molar-refractivity contribution in [3.63, 3.8) is 0 Å². The van der Waals surface area contributed by atoms with Gasteiger partial charge in [0, 0.05) is 95.6 Å². The number of halogens is 1. The topological polar surface area (TPSA) is 260 Å². The lowest BCUT2D eigenvalue weighted by molar-refractivity contribution is 0.374. The molecule has 9 aromatic rings. The van der Waals surface area contributed by atoms with Gasteiger partial charge in [0.05, 0.1) is 68.4 Å². The van der Waals surface area contributed by atoms with Crippen LogP contribution in [0.4, 0.5) is 0 Å². The Hall–Kier alpha value is -7.62. The summed E-state index contributed by atoms with van der Waals surface area (Å²) in [4.78, 5) is 86.0. The van der Waals surface area contributed by atoms with Gasteiger partial charge in [0.2, 0.25) is 0 Å². The minimum Gasteiger partial charge on any atom is -0.361 e. The highest BCUT2D eigenvalue weighted by Crippen LogP contribution is 2.11. The van der Waals surface area contributed by atoms with Crippen molar-refractivity contribution >= 4 is 48.6 Å². The van der Waals surface area contributed by atoms with Crippen molar-refractivity contribution in [2.45, 2.75) is 91.6 Å². The zero-order valence-corrected chi connectivity index (χ0v) is 41.5. The van der Waals surface area contributed by atoms with Gasteiger partial charge in [-0.3, -0.25) is 57.2 Å². The summed E-state index contributed by atoms with van der Waals surface area (Å²) >= 11 is 3.38. The van der Waals surface area contributed by atoms with E-state index < -0.39 is 5.69 Å². The normalized spacial score (nSPS) is 11.0. The number of alkyl halides is 1. The summed E-state index contributed by atoms with van der Waals surface area (Å²) in [5.41, 5.74) is 2.37. The van der Waals surface area contributed by atoms with Crippen LogP contribution in [0.3, 0.4) is 0 Å². The molecule has 0 amide bonds. The maximum atomic E-state index is 12.5. The molecule has 22 heteroatoms. The van der Waals surface area contributed by atoms with Crippen molar-refractivity contribution in [3.8, 4) is 0 Å². The minimum atomic E-state index is -0.425. The van der Waals surface area contributed by atoms with Gasteiger partial charge in [0.1, 0.15) is 17.3 Å². The molecule has 0 spiro atoms. The number of unbranched alkanes of at least 4 members (excludes halogenated alkanes) is 3. The van der Waals surface area contributed by atoms with Crippen LogP contribution in [0, 0.1) is 20.8 Å². The lowest BCUT2D eigenvalue weighted by Gasteiger charge is -2.09. The van der Waals surface area contributed by atoms with E-state index in [9.17, 15) is 28.8 Å². The van der Waals surface area contributed by atoms with E-state index in [1.807, 2.05) is 39.0 Å². The number of fused-ring (bicyclic) bond motifs is 3. The number of H-pyrrole nitrogens is 1. The van der Waals surface area contributed by atoms with E-state index in [1.165, 1.54) is 60.5 Å². The van der Waals surface area contributed by atoms with E-state index in [2.05, 4.69) is 51.3 Å². The Morgan fingerprint density at radius 1 is 0.514 bits per heavy atom. The molecule has 0 aliphatic heterocycles.